The van der Waals surface area contributed by atoms with E-state index in [9.17, 15) is 10.2 Å². The Hall–Kier alpha value is -2.71. The summed E-state index contributed by atoms with van der Waals surface area (Å²) in [5.41, 5.74) is 3.71. The van der Waals surface area contributed by atoms with Crippen molar-refractivity contribution in [3.05, 3.63) is 83.4 Å². The standard InChI is InChI=1S/C21H18N2O2.Pt/c1-15-10-11-18(22-13-16-6-2-4-8-20(16)24)19(12-15)23-14-17-7-3-5-9-21(17)25;/h2-14,24-25H,1H3;. The van der Waals surface area contributed by atoms with Crippen LogP contribution in [0.2, 0.25) is 0 Å². The molecule has 0 atom stereocenters. The third kappa shape index (κ3) is 4.90. The molecule has 0 amide bonds. The van der Waals surface area contributed by atoms with Gasteiger partial charge in [0.25, 0.3) is 0 Å². The van der Waals surface area contributed by atoms with Gasteiger partial charge in [-0.05, 0) is 48.9 Å². The molecule has 2 N–H and O–H groups in total. The van der Waals surface area contributed by atoms with Crippen molar-refractivity contribution in [2.24, 2.45) is 9.98 Å². The van der Waals surface area contributed by atoms with Gasteiger partial charge in [-0.1, -0.05) is 30.3 Å². The van der Waals surface area contributed by atoms with Crippen LogP contribution in [0.15, 0.2) is 76.7 Å². The van der Waals surface area contributed by atoms with E-state index < -0.39 is 0 Å². The number of phenols is 2. The summed E-state index contributed by atoms with van der Waals surface area (Å²) in [6, 6.07) is 19.8. The average Bonchev–Trinajstić information content (AvgIpc) is 2.61. The Labute approximate surface area is 166 Å². The topological polar surface area (TPSA) is 65.2 Å². The Kier molecular flexibility index (Phi) is 6.88. The van der Waals surface area contributed by atoms with Gasteiger partial charge in [0.1, 0.15) is 11.5 Å². The van der Waals surface area contributed by atoms with Crippen LogP contribution in [0, 0.1) is 6.92 Å². The summed E-state index contributed by atoms with van der Waals surface area (Å²) in [6.07, 6.45) is 3.22. The molecule has 3 aromatic rings. The van der Waals surface area contributed by atoms with Crippen molar-refractivity contribution < 1.29 is 31.3 Å². The number of aromatic hydroxyl groups is 2. The van der Waals surface area contributed by atoms with Crippen LogP contribution in [0.25, 0.3) is 0 Å². The van der Waals surface area contributed by atoms with E-state index in [1.807, 2.05) is 37.3 Å². The first kappa shape index (κ1) is 19.6. The summed E-state index contributed by atoms with van der Waals surface area (Å²) in [4.78, 5) is 8.92. The number of rotatable bonds is 4. The summed E-state index contributed by atoms with van der Waals surface area (Å²) in [5.74, 6) is 0.357. The fourth-order valence-corrected chi connectivity index (χ4v) is 2.32. The minimum absolute atomic E-state index is 0. The number of aryl methyl sites for hydroxylation is 1. The number of hydrogen-bond acceptors (Lipinski definition) is 4. The van der Waals surface area contributed by atoms with Crippen LogP contribution in [0.5, 0.6) is 11.5 Å². The van der Waals surface area contributed by atoms with Gasteiger partial charge in [0.2, 0.25) is 0 Å². The first-order chi connectivity index (χ1) is 12.1. The van der Waals surface area contributed by atoms with Crippen molar-refractivity contribution >= 4 is 23.8 Å². The number of para-hydroxylation sites is 2. The molecule has 0 aromatic heterocycles. The molecule has 0 saturated heterocycles. The maximum atomic E-state index is 9.85. The molecule has 26 heavy (non-hydrogen) atoms. The van der Waals surface area contributed by atoms with Gasteiger partial charge >= 0.3 is 0 Å². The SMILES string of the molecule is Cc1ccc(N=Cc2ccccc2O)c(N=Cc2ccccc2O)c1.[Pt]. The summed E-state index contributed by atoms with van der Waals surface area (Å²) in [6.45, 7) is 1.98. The van der Waals surface area contributed by atoms with E-state index in [4.69, 9.17) is 0 Å². The molecule has 0 aliphatic carbocycles. The van der Waals surface area contributed by atoms with Gasteiger partial charge < -0.3 is 10.2 Å². The molecule has 0 bridgehead atoms. The molecule has 134 valence electrons. The third-order valence-electron chi connectivity index (χ3n) is 3.69. The maximum Gasteiger partial charge on any atom is 0.124 e. The zero-order chi connectivity index (χ0) is 17.6. The molecule has 3 rings (SSSR count). The predicted molar refractivity (Wildman–Crippen MR) is 102 cm³/mol. The molecule has 0 aliphatic rings. The second-order valence-corrected chi connectivity index (χ2v) is 5.63. The Morgan fingerprint density at radius 2 is 1.19 bits per heavy atom. The second kappa shape index (κ2) is 9.12. The van der Waals surface area contributed by atoms with Gasteiger partial charge in [-0.25, -0.2) is 0 Å². The van der Waals surface area contributed by atoms with Crippen molar-refractivity contribution in [2.75, 3.05) is 0 Å². The van der Waals surface area contributed by atoms with Gasteiger partial charge in [-0.15, -0.1) is 0 Å². The number of phenolic OH excluding ortho intramolecular Hbond substituents is 2. The molecule has 3 aromatic carbocycles. The second-order valence-electron chi connectivity index (χ2n) is 5.63. The molecule has 0 unspecified atom stereocenters. The van der Waals surface area contributed by atoms with Crippen LogP contribution in [0.4, 0.5) is 11.4 Å². The molecule has 4 nitrogen and oxygen atoms in total. The molecule has 0 spiro atoms. The Morgan fingerprint density at radius 3 is 1.73 bits per heavy atom. The zero-order valence-corrected chi connectivity index (χ0v) is 16.4. The smallest absolute Gasteiger partial charge is 0.124 e. The van der Waals surface area contributed by atoms with E-state index in [2.05, 4.69) is 9.98 Å². The minimum Gasteiger partial charge on any atom is -0.507 e. The van der Waals surface area contributed by atoms with Crippen molar-refractivity contribution in [1.29, 1.82) is 0 Å². The van der Waals surface area contributed by atoms with Gasteiger partial charge in [0.15, 0.2) is 0 Å². The molecule has 0 saturated carbocycles. The van der Waals surface area contributed by atoms with E-state index in [0.29, 0.717) is 22.5 Å². The molecule has 0 aliphatic heterocycles. The Balaban J connectivity index is 0.00000243. The van der Waals surface area contributed by atoms with Crippen LogP contribution in [0.1, 0.15) is 16.7 Å². The van der Waals surface area contributed by atoms with E-state index in [0.717, 1.165) is 5.56 Å². The third-order valence-corrected chi connectivity index (χ3v) is 3.69. The van der Waals surface area contributed by atoms with E-state index in [-0.39, 0.29) is 32.6 Å². The number of nitrogens with zero attached hydrogens (tertiary/aromatic N) is 2. The van der Waals surface area contributed by atoms with Crippen LogP contribution < -0.4 is 0 Å². The van der Waals surface area contributed by atoms with E-state index >= 15 is 0 Å². The van der Waals surface area contributed by atoms with Crippen LogP contribution in [0.3, 0.4) is 0 Å². The molecular formula is C21H18N2O2Pt. The van der Waals surface area contributed by atoms with E-state index in [1.54, 1.807) is 48.8 Å². The van der Waals surface area contributed by atoms with Gasteiger partial charge in [-0.3, -0.25) is 9.98 Å². The summed E-state index contributed by atoms with van der Waals surface area (Å²) in [7, 11) is 0. The van der Waals surface area contributed by atoms with Crippen LogP contribution in [-0.2, 0) is 21.1 Å². The van der Waals surface area contributed by atoms with Crippen molar-refractivity contribution in [3.63, 3.8) is 0 Å². The number of benzene rings is 3. The maximum absolute atomic E-state index is 9.85. The normalized spacial score (nSPS) is 11.0. The van der Waals surface area contributed by atoms with Gasteiger partial charge in [-0.2, -0.15) is 0 Å². The number of aliphatic imine (C=N–C) groups is 2. The minimum atomic E-state index is 0. The summed E-state index contributed by atoms with van der Waals surface area (Å²) >= 11 is 0. The molecule has 0 fully saturated rings. The monoisotopic (exact) mass is 525 g/mol. The van der Waals surface area contributed by atoms with Crippen molar-refractivity contribution in [2.45, 2.75) is 6.92 Å². The number of hydrogen-bond donors (Lipinski definition) is 2. The largest absolute Gasteiger partial charge is 0.507 e. The van der Waals surface area contributed by atoms with Crippen molar-refractivity contribution in [1.82, 2.24) is 0 Å². The fraction of sp³-hybridized carbons (Fsp3) is 0.0476. The van der Waals surface area contributed by atoms with Gasteiger partial charge in [0, 0.05) is 44.6 Å². The summed E-state index contributed by atoms with van der Waals surface area (Å²) < 4.78 is 0. The predicted octanol–water partition coefficient (Wildman–Crippen LogP) is 4.90. The molecule has 5 heteroatoms. The van der Waals surface area contributed by atoms with Crippen molar-refractivity contribution in [3.8, 4) is 11.5 Å². The Morgan fingerprint density at radius 1 is 0.692 bits per heavy atom. The Bertz CT molecular complexity index is 952. The van der Waals surface area contributed by atoms with Crippen LogP contribution in [-0.4, -0.2) is 22.6 Å². The fourth-order valence-electron chi connectivity index (χ4n) is 2.32. The van der Waals surface area contributed by atoms with Gasteiger partial charge in [0.05, 0.1) is 11.4 Å². The average molecular weight is 525 g/mol. The molecule has 0 heterocycles. The quantitative estimate of drug-likeness (QED) is 0.476. The first-order valence-corrected chi connectivity index (χ1v) is 7.88. The summed E-state index contributed by atoms with van der Waals surface area (Å²) in [5, 5.41) is 19.7. The molecular weight excluding hydrogens is 507 g/mol. The van der Waals surface area contributed by atoms with E-state index in [1.165, 1.54) is 0 Å². The first-order valence-electron chi connectivity index (χ1n) is 7.88. The molecule has 0 radical (unpaired) electrons. The zero-order valence-electron chi connectivity index (χ0n) is 14.1. The van der Waals surface area contributed by atoms with Crippen LogP contribution >= 0.6 is 0 Å².